The van der Waals surface area contributed by atoms with E-state index in [1.165, 1.54) is 283 Å². The van der Waals surface area contributed by atoms with Crippen molar-refractivity contribution in [1.29, 1.82) is 0 Å². The molecular weight excluding hydrogens is 923 g/mol. The first-order chi connectivity index (χ1) is 37.0. The van der Waals surface area contributed by atoms with Crippen LogP contribution in [0, 0.1) is 0 Å². The van der Waals surface area contributed by atoms with Crippen molar-refractivity contribution in [1.82, 2.24) is 5.32 Å². The molecule has 0 saturated heterocycles. The normalized spacial score (nSPS) is 12.7. The summed E-state index contributed by atoms with van der Waals surface area (Å²) in [5, 5.41) is 23.4. The van der Waals surface area contributed by atoms with Gasteiger partial charge in [-0.15, -0.1) is 0 Å². The van der Waals surface area contributed by atoms with E-state index in [0.29, 0.717) is 25.9 Å². The fourth-order valence-electron chi connectivity index (χ4n) is 10.5. The highest BCUT2D eigenvalue weighted by Gasteiger charge is 2.20. The predicted molar refractivity (Wildman–Crippen MR) is 329 cm³/mol. The smallest absolute Gasteiger partial charge is 0.305 e. The van der Waals surface area contributed by atoms with Gasteiger partial charge in [-0.1, -0.05) is 314 Å². The first-order valence-electron chi connectivity index (χ1n) is 33.7. The molecule has 6 heteroatoms. The molecule has 0 fully saturated rings. The number of esters is 1. The summed E-state index contributed by atoms with van der Waals surface area (Å²) >= 11 is 0. The van der Waals surface area contributed by atoms with Crippen molar-refractivity contribution in [3.05, 3.63) is 36.5 Å². The second-order valence-corrected chi connectivity index (χ2v) is 23.1. The van der Waals surface area contributed by atoms with Gasteiger partial charge in [0.1, 0.15) is 0 Å². The lowest BCUT2D eigenvalue weighted by molar-refractivity contribution is -0.143. The molecule has 0 bridgehead atoms. The summed E-state index contributed by atoms with van der Waals surface area (Å²) in [6.45, 7) is 4.93. The number of aliphatic hydroxyl groups is 2. The van der Waals surface area contributed by atoms with Gasteiger partial charge in [0.15, 0.2) is 0 Å². The van der Waals surface area contributed by atoms with E-state index in [1.807, 2.05) is 0 Å². The Morgan fingerprint density at radius 2 is 0.680 bits per heavy atom. The van der Waals surface area contributed by atoms with Crippen LogP contribution in [0.15, 0.2) is 36.5 Å². The van der Waals surface area contributed by atoms with E-state index in [-0.39, 0.29) is 18.5 Å². The van der Waals surface area contributed by atoms with Crippen molar-refractivity contribution in [3.63, 3.8) is 0 Å². The first kappa shape index (κ1) is 73.1. The number of ether oxygens (including phenoxy) is 1. The fraction of sp³-hybridized carbons (Fsp3) is 0.884. The second-order valence-electron chi connectivity index (χ2n) is 23.1. The lowest BCUT2D eigenvalue weighted by Gasteiger charge is -2.22. The Morgan fingerprint density at radius 3 is 1.07 bits per heavy atom. The molecule has 0 heterocycles. The first-order valence-corrected chi connectivity index (χ1v) is 33.7. The van der Waals surface area contributed by atoms with Crippen molar-refractivity contribution >= 4 is 11.9 Å². The van der Waals surface area contributed by atoms with Crippen molar-refractivity contribution in [2.24, 2.45) is 0 Å². The maximum Gasteiger partial charge on any atom is 0.305 e. The molecule has 0 aliphatic rings. The summed E-state index contributed by atoms with van der Waals surface area (Å²) in [6.07, 6.45) is 81.8. The number of unbranched alkanes of at least 4 members (excludes halogenated alkanes) is 46. The summed E-state index contributed by atoms with van der Waals surface area (Å²) in [6, 6.07) is -0.548. The van der Waals surface area contributed by atoms with E-state index in [2.05, 4.69) is 55.6 Å². The van der Waals surface area contributed by atoms with E-state index < -0.39 is 12.1 Å². The number of allylic oxidation sites excluding steroid dienone is 6. The number of carbonyl (C=O) groups excluding carboxylic acids is 2. The van der Waals surface area contributed by atoms with Crippen LogP contribution in [0.1, 0.15) is 367 Å². The van der Waals surface area contributed by atoms with Gasteiger partial charge < -0.3 is 20.3 Å². The molecule has 2 atom stereocenters. The number of carbonyl (C=O) groups is 2. The molecule has 0 spiro atoms. The maximum absolute atomic E-state index is 12.5. The van der Waals surface area contributed by atoms with Gasteiger partial charge in [0.05, 0.1) is 25.4 Å². The Hall–Kier alpha value is -1.92. The van der Waals surface area contributed by atoms with E-state index in [1.54, 1.807) is 0 Å². The monoisotopic (exact) mass is 1050 g/mol. The summed E-state index contributed by atoms with van der Waals surface area (Å²) in [5.41, 5.74) is 0. The van der Waals surface area contributed by atoms with Crippen LogP contribution in [0.2, 0.25) is 0 Å². The van der Waals surface area contributed by atoms with Gasteiger partial charge >= 0.3 is 5.97 Å². The highest BCUT2D eigenvalue weighted by molar-refractivity contribution is 5.76. The van der Waals surface area contributed by atoms with E-state index >= 15 is 0 Å². The largest absolute Gasteiger partial charge is 0.466 e. The molecule has 0 rings (SSSR count). The number of nitrogens with one attached hydrogen (secondary N) is 1. The molecule has 0 aliphatic heterocycles. The molecule has 75 heavy (non-hydrogen) atoms. The van der Waals surface area contributed by atoms with Gasteiger partial charge in [0.25, 0.3) is 0 Å². The van der Waals surface area contributed by atoms with Crippen LogP contribution >= 0.6 is 0 Å². The van der Waals surface area contributed by atoms with E-state index in [4.69, 9.17) is 4.74 Å². The Kier molecular flexibility index (Phi) is 63.0. The Labute approximate surface area is 468 Å². The molecular formula is C69H131NO5. The lowest BCUT2D eigenvalue weighted by Crippen LogP contribution is -2.45. The van der Waals surface area contributed by atoms with Crippen LogP contribution in [0.5, 0.6) is 0 Å². The zero-order valence-electron chi connectivity index (χ0n) is 50.5. The standard InChI is InChI=1S/C69H131NO5/c1-3-5-7-9-11-13-15-16-17-18-19-20-26-29-32-35-38-42-45-49-53-57-61-67(72)66(65-71)70-68(73)62-58-54-50-46-43-39-36-33-30-27-24-22-21-23-25-28-31-34-37-40-44-48-52-56-60-64-75-69(74)63-59-55-51-47-41-14-12-10-8-6-4-2/h10,12,22-25,66-67,71-72H,3-9,11,13-21,26-65H2,1-2H3,(H,70,73)/b12-10-,24-22-,25-23-. The molecule has 0 aliphatic carbocycles. The highest BCUT2D eigenvalue weighted by Crippen LogP contribution is 2.18. The van der Waals surface area contributed by atoms with Gasteiger partial charge in [-0.25, -0.2) is 0 Å². The van der Waals surface area contributed by atoms with Gasteiger partial charge in [0.2, 0.25) is 5.91 Å². The van der Waals surface area contributed by atoms with E-state index in [9.17, 15) is 19.8 Å². The molecule has 442 valence electrons. The topological polar surface area (TPSA) is 95.9 Å². The summed E-state index contributed by atoms with van der Waals surface area (Å²) in [5.74, 6) is -0.0394. The van der Waals surface area contributed by atoms with Crippen LogP contribution < -0.4 is 5.32 Å². The third-order valence-electron chi connectivity index (χ3n) is 15.7. The van der Waals surface area contributed by atoms with Crippen LogP contribution in [-0.2, 0) is 14.3 Å². The molecule has 0 aromatic rings. The lowest BCUT2D eigenvalue weighted by atomic mass is 10.0. The van der Waals surface area contributed by atoms with Crippen molar-refractivity contribution in [3.8, 4) is 0 Å². The van der Waals surface area contributed by atoms with E-state index in [0.717, 1.165) is 51.4 Å². The number of aliphatic hydroxyl groups excluding tert-OH is 2. The summed E-state index contributed by atoms with van der Waals surface area (Å²) in [7, 11) is 0. The number of amides is 1. The number of hydrogen-bond acceptors (Lipinski definition) is 5. The average molecular weight is 1050 g/mol. The predicted octanol–water partition coefficient (Wildman–Crippen LogP) is 21.5. The molecule has 0 aromatic heterocycles. The minimum Gasteiger partial charge on any atom is -0.466 e. The minimum atomic E-state index is -0.670. The Bertz CT molecular complexity index is 1210. The van der Waals surface area contributed by atoms with Gasteiger partial charge in [0, 0.05) is 12.8 Å². The van der Waals surface area contributed by atoms with Gasteiger partial charge in [-0.05, 0) is 77.0 Å². The van der Waals surface area contributed by atoms with Crippen molar-refractivity contribution < 1.29 is 24.5 Å². The maximum atomic E-state index is 12.5. The number of hydrogen-bond donors (Lipinski definition) is 3. The molecule has 1 amide bonds. The average Bonchev–Trinajstić information content (AvgIpc) is 3.41. The Balaban J connectivity index is 3.44. The van der Waals surface area contributed by atoms with Crippen LogP contribution in [0.3, 0.4) is 0 Å². The zero-order valence-corrected chi connectivity index (χ0v) is 50.5. The highest BCUT2D eigenvalue weighted by atomic mass is 16.5. The minimum absolute atomic E-state index is 0.00180. The zero-order chi connectivity index (χ0) is 54.3. The van der Waals surface area contributed by atoms with Crippen LogP contribution in [0.4, 0.5) is 0 Å². The quantitative estimate of drug-likeness (QED) is 0.0320. The molecule has 0 aromatic carbocycles. The van der Waals surface area contributed by atoms with Crippen LogP contribution in [0.25, 0.3) is 0 Å². The fourth-order valence-corrected chi connectivity index (χ4v) is 10.5. The molecule has 0 saturated carbocycles. The third-order valence-corrected chi connectivity index (χ3v) is 15.7. The Morgan fingerprint density at radius 1 is 0.373 bits per heavy atom. The summed E-state index contributed by atoms with van der Waals surface area (Å²) in [4.78, 5) is 24.5. The molecule has 3 N–H and O–H groups in total. The van der Waals surface area contributed by atoms with Crippen molar-refractivity contribution in [2.75, 3.05) is 13.2 Å². The van der Waals surface area contributed by atoms with Crippen molar-refractivity contribution in [2.45, 2.75) is 379 Å². The molecule has 0 radical (unpaired) electrons. The van der Waals surface area contributed by atoms with Gasteiger partial charge in [-0.2, -0.15) is 0 Å². The molecule has 2 unspecified atom stereocenters. The second kappa shape index (κ2) is 64.6. The SMILES string of the molecule is CCCC/C=C\CCCCCCCC(=O)OCCCCCCCCCCC/C=C\C/C=C\CCCCCCCCCCCC(=O)NC(CO)C(O)CCCCCCCCCCCCCCCCCCCCCCCC. The number of rotatable bonds is 63. The summed E-state index contributed by atoms with van der Waals surface area (Å²) < 4.78 is 5.46. The molecule has 6 nitrogen and oxygen atoms in total. The third kappa shape index (κ3) is 61.2. The van der Waals surface area contributed by atoms with Crippen LogP contribution in [-0.4, -0.2) is 47.4 Å². The van der Waals surface area contributed by atoms with Gasteiger partial charge in [-0.3, -0.25) is 9.59 Å².